The summed E-state index contributed by atoms with van der Waals surface area (Å²) in [6, 6.07) is 0. The summed E-state index contributed by atoms with van der Waals surface area (Å²) in [6.07, 6.45) is 2.13. The van der Waals surface area contributed by atoms with Crippen molar-refractivity contribution in [3.8, 4) is 0 Å². The van der Waals surface area contributed by atoms with Crippen molar-refractivity contribution in [2.75, 3.05) is 31.1 Å². The molecule has 1 aliphatic heterocycles. The number of likely N-dealkylation sites (tertiary alicyclic amines) is 1. The first-order valence-electron chi connectivity index (χ1n) is 5.62. The normalized spacial score (nSPS) is 21.3. The van der Waals surface area contributed by atoms with Gasteiger partial charge in [-0.25, -0.2) is 8.42 Å². The van der Waals surface area contributed by atoms with Gasteiger partial charge in [0.05, 0.1) is 5.75 Å². The third kappa shape index (κ3) is 3.74. The Labute approximate surface area is 92.7 Å². The van der Waals surface area contributed by atoms with Gasteiger partial charge in [-0.05, 0) is 6.42 Å². The first-order chi connectivity index (χ1) is 6.91. The lowest BCUT2D eigenvalue weighted by Crippen LogP contribution is -2.67. The third-order valence-corrected chi connectivity index (χ3v) is 4.67. The lowest BCUT2D eigenvalue weighted by atomic mass is 9.86. The Bertz CT molecular complexity index is 295. The molecule has 0 spiro atoms. The summed E-state index contributed by atoms with van der Waals surface area (Å²) >= 11 is 0. The topological polar surface area (TPSA) is 63.4 Å². The highest BCUT2D eigenvalue weighted by atomic mass is 32.2. The fourth-order valence-corrected chi connectivity index (χ4v) is 2.90. The Balaban J connectivity index is 2.24. The van der Waals surface area contributed by atoms with Crippen LogP contribution in [0.25, 0.3) is 0 Å². The quantitative estimate of drug-likeness (QED) is 0.715. The molecule has 0 atom stereocenters. The van der Waals surface area contributed by atoms with Crippen molar-refractivity contribution in [1.29, 1.82) is 0 Å². The molecule has 5 heteroatoms. The minimum atomic E-state index is -2.82. The van der Waals surface area contributed by atoms with Crippen molar-refractivity contribution >= 4 is 9.84 Å². The maximum Gasteiger partial charge on any atom is 0.151 e. The first-order valence-corrected chi connectivity index (χ1v) is 7.44. The molecule has 0 bridgehead atoms. The van der Waals surface area contributed by atoms with Crippen molar-refractivity contribution in [2.45, 2.75) is 32.2 Å². The monoisotopic (exact) mass is 234 g/mol. The van der Waals surface area contributed by atoms with Crippen LogP contribution in [0.2, 0.25) is 0 Å². The van der Waals surface area contributed by atoms with E-state index >= 15 is 0 Å². The number of hydrogen-bond donors (Lipinski definition) is 1. The van der Waals surface area contributed by atoms with Crippen LogP contribution in [0.4, 0.5) is 0 Å². The summed E-state index contributed by atoms with van der Waals surface area (Å²) in [5, 5.41) is 0. The van der Waals surface area contributed by atoms with Crippen molar-refractivity contribution in [1.82, 2.24) is 4.90 Å². The Morgan fingerprint density at radius 3 is 2.40 bits per heavy atom. The number of nitrogens with two attached hydrogens (primary N) is 1. The van der Waals surface area contributed by atoms with Gasteiger partial charge in [0.25, 0.3) is 0 Å². The average Bonchev–Trinajstić information content (AvgIpc) is 2.12. The number of sulfone groups is 1. The molecule has 0 radical (unpaired) electrons. The van der Waals surface area contributed by atoms with E-state index in [0.29, 0.717) is 6.54 Å². The maximum atomic E-state index is 11.3. The molecule has 0 aromatic heterocycles. The van der Waals surface area contributed by atoms with Crippen molar-refractivity contribution in [3.63, 3.8) is 0 Å². The predicted molar refractivity (Wildman–Crippen MR) is 62.6 cm³/mol. The highest BCUT2D eigenvalue weighted by Crippen LogP contribution is 2.22. The molecule has 1 fully saturated rings. The Morgan fingerprint density at radius 2 is 1.93 bits per heavy atom. The molecule has 90 valence electrons. The second-order valence-electron chi connectivity index (χ2n) is 4.56. The van der Waals surface area contributed by atoms with E-state index in [4.69, 9.17) is 5.73 Å². The summed E-state index contributed by atoms with van der Waals surface area (Å²) in [7, 11) is -2.82. The number of rotatable bonds is 6. The molecule has 4 nitrogen and oxygen atoms in total. The Morgan fingerprint density at radius 1 is 1.33 bits per heavy atom. The lowest BCUT2D eigenvalue weighted by molar-refractivity contribution is 0.0703. The highest BCUT2D eigenvalue weighted by molar-refractivity contribution is 7.91. The van der Waals surface area contributed by atoms with Gasteiger partial charge in [-0.15, -0.1) is 0 Å². The predicted octanol–water partition coefficient (Wildman–Crippen LogP) is 0.234. The lowest BCUT2D eigenvalue weighted by Gasteiger charge is -2.48. The van der Waals surface area contributed by atoms with E-state index in [2.05, 4.69) is 11.8 Å². The van der Waals surface area contributed by atoms with Gasteiger partial charge in [0.2, 0.25) is 0 Å². The van der Waals surface area contributed by atoms with Crippen LogP contribution < -0.4 is 5.73 Å². The molecule has 1 rings (SSSR count). The molecule has 1 heterocycles. The molecular weight excluding hydrogens is 212 g/mol. The molecule has 1 saturated heterocycles. The standard InChI is InChI=1S/C10H22N2O2S/c1-3-5-10(11)8-12(9-10)6-7-15(13,14)4-2/h3-9,11H2,1-2H3. The van der Waals surface area contributed by atoms with Crippen molar-refractivity contribution in [3.05, 3.63) is 0 Å². The minimum absolute atomic E-state index is 0.0509. The number of hydrogen-bond acceptors (Lipinski definition) is 4. The van der Waals surface area contributed by atoms with Gasteiger partial charge in [0.1, 0.15) is 0 Å². The maximum absolute atomic E-state index is 11.3. The SMILES string of the molecule is CCCC1(N)CN(CCS(=O)(=O)CC)C1. The highest BCUT2D eigenvalue weighted by Gasteiger charge is 2.38. The molecule has 0 aromatic rings. The van der Waals surface area contributed by atoms with E-state index in [1.165, 1.54) is 0 Å². The van der Waals surface area contributed by atoms with Crippen molar-refractivity contribution < 1.29 is 8.42 Å². The van der Waals surface area contributed by atoms with E-state index in [0.717, 1.165) is 25.9 Å². The number of nitrogens with zero attached hydrogens (tertiary/aromatic N) is 1. The smallest absolute Gasteiger partial charge is 0.151 e. The van der Waals surface area contributed by atoms with E-state index in [1.54, 1.807) is 6.92 Å². The summed E-state index contributed by atoms with van der Waals surface area (Å²) in [6.45, 7) is 6.15. The van der Waals surface area contributed by atoms with E-state index < -0.39 is 9.84 Å². The van der Waals surface area contributed by atoms with Crippen LogP contribution >= 0.6 is 0 Å². The van der Waals surface area contributed by atoms with Gasteiger partial charge in [0, 0.05) is 30.9 Å². The van der Waals surface area contributed by atoms with Gasteiger partial charge in [0.15, 0.2) is 9.84 Å². The zero-order valence-electron chi connectivity index (χ0n) is 9.70. The first kappa shape index (κ1) is 12.9. The van der Waals surface area contributed by atoms with Crippen LogP contribution in [-0.4, -0.2) is 50.0 Å². The Kier molecular flexibility index (Phi) is 4.14. The molecule has 0 amide bonds. The molecule has 0 saturated carbocycles. The zero-order chi connectivity index (χ0) is 11.5. The van der Waals surface area contributed by atoms with Crippen LogP contribution in [0.1, 0.15) is 26.7 Å². The Hall–Kier alpha value is -0.130. The molecular formula is C10H22N2O2S. The molecule has 15 heavy (non-hydrogen) atoms. The van der Waals surface area contributed by atoms with Gasteiger partial charge in [-0.1, -0.05) is 20.3 Å². The van der Waals surface area contributed by atoms with Crippen molar-refractivity contribution in [2.24, 2.45) is 5.73 Å². The van der Waals surface area contributed by atoms with Crippen LogP contribution in [0.5, 0.6) is 0 Å². The summed E-state index contributed by atoms with van der Waals surface area (Å²) < 4.78 is 22.5. The van der Waals surface area contributed by atoms with Crippen LogP contribution in [0.15, 0.2) is 0 Å². The molecule has 0 aromatic carbocycles. The van der Waals surface area contributed by atoms with E-state index in [1.807, 2.05) is 0 Å². The van der Waals surface area contributed by atoms with Gasteiger partial charge < -0.3 is 5.73 Å². The van der Waals surface area contributed by atoms with Crippen LogP contribution in [-0.2, 0) is 9.84 Å². The minimum Gasteiger partial charge on any atom is -0.323 e. The van der Waals surface area contributed by atoms with Gasteiger partial charge >= 0.3 is 0 Å². The zero-order valence-corrected chi connectivity index (χ0v) is 10.5. The third-order valence-electron chi connectivity index (χ3n) is 2.98. The second-order valence-corrected chi connectivity index (χ2v) is 7.03. The van der Waals surface area contributed by atoms with Crippen LogP contribution in [0.3, 0.4) is 0 Å². The fraction of sp³-hybridized carbons (Fsp3) is 1.00. The largest absolute Gasteiger partial charge is 0.323 e. The van der Waals surface area contributed by atoms with E-state index in [9.17, 15) is 8.42 Å². The summed E-state index contributed by atoms with van der Waals surface area (Å²) in [5.74, 6) is 0.509. The average molecular weight is 234 g/mol. The van der Waals surface area contributed by atoms with E-state index in [-0.39, 0.29) is 17.0 Å². The van der Waals surface area contributed by atoms with Gasteiger partial charge in [-0.2, -0.15) is 0 Å². The van der Waals surface area contributed by atoms with Gasteiger partial charge in [-0.3, -0.25) is 4.90 Å². The molecule has 0 aliphatic carbocycles. The molecule has 2 N–H and O–H groups in total. The summed E-state index contributed by atoms with van der Waals surface area (Å²) in [5.41, 5.74) is 6.03. The summed E-state index contributed by atoms with van der Waals surface area (Å²) in [4.78, 5) is 2.13. The van der Waals surface area contributed by atoms with Crippen LogP contribution in [0, 0.1) is 0 Å². The molecule has 0 unspecified atom stereocenters. The molecule has 1 aliphatic rings. The second kappa shape index (κ2) is 4.80. The fourth-order valence-electron chi connectivity index (χ4n) is 2.07.